The minimum Gasteiger partial charge on any atom is -0.355 e. The Hall–Kier alpha value is -1.96. The summed E-state index contributed by atoms with van der Waals surface area (Å²) in [4.78, 5) is 16.0. The van der Waals surface area contributed by atoms with E-state index in [9.17, 15) is 13.2 Å². The zero-order valence-electron chi connectivity index (χ0n) is 13.9. The van der Waals surface area contributed by atoms with Crippen LogP contribution in [0.15, 0.2) is 48.8 Å². The van der Waals surface area contributed by atoms with Crippen molar-refractivity contribution >= 4 is 27.5 Å². The number of nitrogens with one attached hydrogen (secondary N) is 1. The average molecular weight is 382 g/mol. The molecule has 8 heteroatoms. The molecule has 0 radical (unpaired) electrons. The summed E-state index contributed by atoms with van der Waals surface area (Å²) >= 11 is 5.83. The van der Waals surface area contributed by atoms with E-state index in [1.54, 1.807) is 36.7 Å². The third-order valence-corrected chi connectivity index (χ3v) is 4.99. The van der Waals surface area contributed by atoms with Gasteiger partial charge < -0.3 is 5.32 Å². The molecule has 0 aliphatic carbocycles. The van der Waals surface area contributed by atoms with E-state index in [0.717, 1.165) is 21.7 Å². The van der Waals surface area contributed by atoms with Gasteiger partial charge in [-0.1, -0.05) is 23.7 Å². The van der Waals surface area contributed by atoms with Crippen molar-refractivity contribution in [3.8, 4) is 0 Å². The van der Waals surface area contributed by atoms with Gasteiger partial charge in [0.05, 0.1) is 12.8 Å². The van der Waals surface area contributed by atoms with Gasteiger partial charge in [0, 0.05) is 30.5 Å². The molecular weight excluding hydrogens is 362 g/mol. The highest BCUT2D eigenvalue weighted by Crippen LogP contribution is 2.10. The summed E-state index contributed by atoms with van der Waals surface area (Å²) in [6, 6.07) is 10.8. The monoisotopic (exact) mass is 381 g/mol. The lowest BCUT2D eigenvalue weighted by Gasteiger charge is -2.19. The molecule has 6 nitrogen and oxygen atoms in total. The lowest BCUT2D eigenvalue weighted by molar-refractivity contribution is -0.121. The second-order valence-corrected chi connectivity index (χ2v) is 8.03. The molecule has 2 rings (SSSR count). The molecule has 1 aromatic heterocycles. The van der Waals surface area contributed by atoms with Crippen LogP contribution in [0.25, 0.3) is 0 Å². The number of amides is 1. The summed E-state index contributed by atoms with van der Waals surface area (Å²) in [5.41, 5.74) is 1.82. The minimum absolute atomic E-state index is 0.131. The van der Waals surface area contributed by atoms with Crippen molar-refractivity contribution in [2.24, 2.45) is 0 Å². The second kappa shape index (κ2) is 8.94. The van der Waals surface area contributed by atoms with Gasteiger partial charge in [0.1, 0.15) is 0 Å². The number of halogens is 1. The SMILES string of the molecule is CS(=O)(=O)N(CC(=O)NCCc1ccc(Cl)cc1)Cc1ccncc1. The smallest absolute Gasteiger partial charge is 0.235 e. The molecule has 0 atom stereocenters. The number of rotatable bonds is 8. The normalized spacial score (nSPS) is 11.5. The largest absolute Gasteiger partial charge is 0.355 e. The van der Waals surface area contributed by atoms with Crippen molar-refractivity contribution in [1.29, 1.82) is 0 Å². The maximum absolute atomic E-state index is 12.1. The Morgan fingerprint density at radius 3 is 2.36 bits per heavy atom. The lowest BCUT2D eigenvalue weighted by Crippen LogP contribution is -2.40. The van der Waals surface area contributed by atoms with E-state index >= 15 is 0 Å². The van der Waals surface area contributed by atoms with Gasteiger partial charge in [-0.2, -0.15) is 4.31 Å². The van der Waals surface area contributed by atoms with Crippen LogP contribution in [-0.4, -0.2) is 43.0 Å². The molecule has 0 unspecified atom stereocenters. The van der Waals surface area contributed by atoms with Crippen LogP contribution in [-0.2, 0) is 27.8 Å². The van der Waals surface area contributed by atoms with Crippen LogP contribution in [0.5, 0.6) is 0 Å². The molecule has 134 valence electrons. The molecule has 1 aromatic carbocycles. The topological polar surface area (TPSA) is 79.4 Å². The average Bonchev–Trinajstić information content (AvgIpc) is 2.56. The molecule has 1 heterocycles. The van der Waals surface area contributed by atoms with Gasteiger partial charge in [0.2, 0.25) is 15.9 Å². The third-order valence-electron chi connectivity index (χ3n) is 3.55. The van der Waals surface area contributed by atoms with Crippen molar-refractivity contribution in [3.63, 3.8) is 0 Å². The minimum atomic E-state index is -3.50. The molecule has 0 spiro atoms. The van der Waals surface area contributed by atoms with Crippen molar-refractivity contribution in [2.75, 3.05) is 19.3 Å². The third kappa shape index (κ3) is 6.81. The standard InChI is InChI=1S/C17H20ClN3O3S/c1-25(23,24)21(12-15-6-9-19-10-7-15)13-17(22)20-11-8-14-2-4-16(18)5-3-14/h2-7,9-10H,8,11-13H2,1H3,(H,20,22). The molecule has 0 bridgehead atoms. The Balaban J connectivity index is 1.87. The number of sulfonamides is 1. The van der Waals surface area contributed by atoms with Gasteiger partial charge in [-0.3, -0.25) is 9.78 Å². The van der Waals surface area contributed by atoms with E-state index in [1.165, 1.54) is 0 Å². The maximum atomic E-state index is 12.1. The van der Waals surface area contributed by atoms with Crippen molar-refractivity contribution in [3.05, 3.63) is 64.9 Å². The summed E-state index contributed by atoms with van der Waals surface area (Å²) in [5.74, 6) is -0.339. The number of aromatic nitrogens is 1. The summed E-state index contributed by atoms with van der Waals surface area (Å²) < 4.78 is 25.0. The predicted molar refractivity (Wildman–Crippen MR) is 97.7 cm³/mol. The van der Waals surface area contributed by atoms with E-state index in [-0.39, 0.29) is 19.0 Å². The van der Waals surface area contributed by atoms with Crippen molar-refractivity contribution in [2.45, 2.75) is 13.0 Å². The molecule has 0 fully saturated rings. The molecule has 1 N–H and O–H groups in total. The highest BCUT2D eigenvalue weighted by atomic mass is 35.5. The number of carbonyl (C=O) groups excluding carboxylic acids is 1. The van der Waals surface area contributed by atoms with Crippen molar-refractivity contribution < 1.29 is 13.2 Å². The van der Waals surface area contributed by atoms with Gasteiger partial charge in [-0.05, 0) is 41.8 Å². The summed E-state index contributed by atoms with van der Waals surface area (Å²) in [5, 5.41) is 3.40. The Kier molecular flexibility index (Phi) is 6.92. The summed E-state index contributed by atoms with van der Waals surface area (Å²) in [7, 11) is -3.50. The number of pyridine rings is 1. The van der Waals surface area contributed by atoms with E-state index in [0.29, 0.717) is 18.0 Å². The maximum Gasteiger partial charge on any atom is 0.235 e. The lowest BCUT2D eigenvalue weighted by atomic mass is 10.1. The van der Waals surface area contributed by atoms with Gasteiger partial charge in [-0.15, -0.1) is 0 Å². The Bertz CT molecular complexity index is 796. The van der Waals surface area contributed by atoms with E-state index in [4.69, 9.17) is 11.6 Å². The van der Waals surface area contributed by atoms with Crippen LogP contribution in [0.2, 0.25) is 5.02 Å². The van der Waals surface area contributed by atoms with Gasteiger partial charge >= 0.3 is 0 Å². The van der Waals surface area contributed by atoms with Crippen LogP contribution >= 0.6 is 11.6 Å². The molecule has 25 heavy (non-hydrogen) atoms. The number of nitrogens with zero attached hydrogens (tertiary/aromatic N) is 2. The Labute approximate surface area is 152 Å². The van der Waals surface area contributed by atoms with Crippen molar-refractivity contribution in [1.82, 2.24) is 14.6 Å². The van der Waals surface area contributed by atoms with E-state index < -0.39 is 10.0 Å². The summed E-state index contributed by atoms with van der Waals surface area (Å²) in [6.07, 6.45) is 4.91. The molecule has 1 amide bonds. The van der Waals surface area contributed by atoms with Crippen LogP contribution in [0, 0.1) is 0 Å². The van der Waals surface area contributed by atoms with Crippen LogP contribution < -0.4 is 5.32 Å². The Morgan fingerprint density at radius 2 is 1.76 bits per heavy atom. The predicted octanol–water partition coefficient (Wildman–Crippen LogP) is 1.86. The number of hydrogen-bond acceptors (Lipinski definition) is 4. The number of hydrogen-bond donors (Lipinski definition) is 1. The highest BCUT2D eigenvalue weighted by molar-refractivity contribution is 7.88. The van der Waals surface area contributed by atoms with E-state index in [1.807, 2.05) is 12.1 Å². The molecule has 2 aromatic rings. The first-order chi connectivity index (χ1) is 11.8. The quantitative estimate of drug-likeness (QED) is 0.756. The molecule has 0 aliphatic rings. The first-order valence-corrected chi connectivity index (χ1v) is 9.92. The van der Waals surface area contributed by atoms with Gasteiger partial charge in [0.25, 0.3) is 0 Å². The first kappa shape index (κ1) is 19.4. The number of benzene rings is 1. The molecule has 0 saturated heterocycles. The van der Waals surface area contributed by atoms with Gasteiger partial charge in [0.15, 0.2) is 0 Å². The molecular formula is C17H20ClN3O3S. The van der Waals surface area contributed by atoms with Crippen LogP contribution in [0.3, 0.4) is 0 Å². The van der Waals surface area contributed by atoms with Gasteiger partial charge in [-0.25, -0.2) is 8.42 Å². The highest BCUT2D eigenvalue weighted by Gasteiger charge is 2.20. The second-order valence-electron chi connectivity index (χ2n) is 5.61. The fourth-order valence-corrected chi connectivity index (χ4v) is 3.06. The Morgan fingerprint density at radius 1 is 1.12 bits per heavy atom. The summed E-state index contributed by atoms with van der Waals surface area (Å²) in [6.45, 7) is 0.334. The number of carbonyl (C=O) groups is 1. The zero-order chi connectivity index (χ0) is 18.3. The fourth-order valence-electron chi connectivity index (χ4n) is 2.20. The van der Waals surface area contributed by atoms with Crippen LogP contribution in [0.4, 0.5) is 0 Å². The zero-order valence-corrected chi connectivity index (χ0v) is 15.4. The fraction of sp³-hybridized carbons (Fsp3) is 0.294. The van der Waals surface area contributed by atoms with E-state index in [2.05, 4.69) is 10.3 Å². The first-order valence-electron chi connectivity index (χ1n) is 7.70. The molecule has 0 aliphatic heterocycles. The molecule has 0 saturated carbocycles. The van der Waals surface area contributed by atoms with Crippen LogP contribution in [0.1, 0.15) is 11.1 Å².